The maximum absolute atomic E-state index is 13.6. The summed E-state index contributed by atoms with van der Waals surface area (Å²) in [4.78, 5) is 3.84. The zero-order chi connectivity index (χ0) is 16.6. The third kappa shape index (κ3) is 7.63. The lowest BCUT2D eigenvalue weighted by molar-refractivity contribution is -0.132. The van der Waals surface area contributed by atoms with Gasteiger partial charge in [-0.05, 0) is 37.1 Å². The second-order valence-electron chi connectivity index (χ2n) is 4.54. The lowest BCUT2D eigenvalue weighted by atomic mass is 10.1. The highest BCUT2D eigenvalue weighted by atomic mass is 79.9. The molecule has 0 aromatic heterocycles. The SMILES string of the molecule is CCNC(=NCCC(F)(F)F)NCCc1cc(Br)ccc1F. The zero-order valence-corrected chi connectivity index (χ0v) is 13.7. The van der Waals surface area contributed by atoms with E-state index in [0.717, 1.165) is 4.47 Å². The Bertz CT molecular complexity index is 503. The summed E-state index contributed by atoms with van der Waals surface area (Å²) in [7, 11) is 0. The van der Waals surface area contributed by atoms with E-state index in [9.17, 15) is 17.6 Å². The molecule has 0 unspecified atom stereocenters. The Morgan fingerprint density at radius 1 is 1.27 bits per heavy atom. The number of benzene rings is 1. The second kappa shape index (κ2) is 8.97. The van der Waals surface area contributed by atoms with E-state index in [4.69, 9.17) is 0 Å². The first-order valence-electron chi connectivity index (χ1n) is 6.84. The van der Waals surface area contributed by atoms with Crippen LogP contribution in [0.25, 0.3) is 0 Å². The van der Waals surface area contributed by atoms with Crippen LogP contribution in [0.1, 0.15) is 18.9 Å². The normalized spacial score (nSPS) is 12.4. The monoisotopic (exact) mass is 383 g/mol. The molecule has 0 saturated heterocycles. The lowest BCUT2D eigenvalue weighted by Crippen LogP contribution is -2.38. The largest absolute Gasteiger partial charge is 0.390 e. The summed E-state index contributed by atoms with van der Waals surface area (Å²) in [6.07, 6.45) is -4.79. The fourth-order valence-corrected chi connectivity index (χ4v) is 2.10. The van der Waals surface area contributed by atoms with E-state index >= 15 is 0 Å². The molecular formula is C14H18BrF4N3. The van der Waals surface area contributed by atoms with Gasteiger partial charge in [0, 0.05) is 17.6 Å². The van der Waals surface area contributed by atoms with Crippen molar-refractivity contribution in [3.63, 3.8) is 0 Å². The molecular weight excluding hydrogens is 366 g/mol. The van der Waals surface area contributed by atoms with Crippen LogP contribution in [-0.2, 0) is 6.42 Å². The van der Waals surface area contributed by atoms with Gasteiger partial charge in [-0.25, -0.2) is 4.39 Å². The van der Waals surface area contributed by atoms with E-state index in [1.807, 2.05) is 6.92 Å². The molecule has 8 heteroatoms. The van der Waals surface area contributed by atoms with E-state index in [-0.39, 0.29) is 12.4 Å². The summed E-state index contributed by atoms with van der Waals surface area (Å²) in [6, 6.07) is 4.64. The van der Waals surface area contributed by atoms with Crippen molar-refractivity contribution >= 4 is 21.9 Å². The second-order valence-corrected chi connectivity index (χ2v) is 5.45. The highest BCUT2D eigenvalue weighted by Gasteiger charge is 2.26. The van der Waals surface area contributed by atoms with Gasteiger partial charge in [0.1, 0.15) is 5.82 Å². The van der Waals surface area contributed by atoms with E-state index in [1.165, 1.54) is 6.07 Å². The molecule has 1 aromatic carbocycles. The average Bonchev–Trinajstić information content (AvgIpc) is 2.41. The van der Waals surface area contributed by atoms with Gasteiger partial charge in [-0.2, -0.15) is 13.2 Å². The third-order valence-corrected chi connectivity index (χ3v) is 3.20. The van der Waals surface area contributed by atoms with Crippen LogP contribution in [-0.4, -0.2) is 31.8 Å². The molecule has 0 aliphatic heterocycles. The minimum absolute atomic E-state index is 0.294. The van der Waals surface area contributed by atoms with E-state index in [0.29, 0.717) is 31.0 Å². The predicted molar refractivity (Wildman–Crippen MR) is 82.5 cm³/mol. The van der Waals surface area contributed by atoms with E-state index in [2.05, 4.69) is 31.6 Å². The van der Waals surface area contributed by atoms with Crippen LogP contribution in [0, 0.1) is 5.82 Å². The van der Waals surface area contributed by atoms with Crippen LogP contribution in [0.3, 0.4) is 0 Å². The quantitative estimate of drug-likeness (QED) is 0.447. The van der Waals surface area contributed by atoms with Crippen molar-refractivity contribution in [1.29, 1.82) is 0 Å². The molecule has 0 radical (unpaired) electrons. The first kappa shape index (κ1) is 18.7. The van der Waals surface area contributed by atoms with E-state index < -0.39 is 12.6 Å². The first-order valence-corrected chi connectivity index (χ1v) is 7.64. The van der Waals surface area contributed by atoms with Gasteiger partial charge in [-0.15, -0.1) is 0 Å². The molecule has 0 spiro atoms. The molecule has 0 heterocycles. The topological polar surface area (TPSA) is 36.4 Å². The molecule has 0 amide bonds. The van der Waals surface area contributed by atoms with E-state index in [1.54, 1.807) is 12.1 Å². The zero-order valence-electron chi connectivity index (χ0n) is 12.1. The molecule has 2 N–H and O–H groups in total. The number of aliphatic imine (C=N–C) groups is 1. The smallest absolute Gasteiger partial charge is 0.357 e. The maximum atomic E-state index is 13.6. The molecule has 0 atom stereocenters. The first-order chi connectivity index (χ1) is 10.3. The Morgan fingerprint density at radius 2 is 2.00 bits per heavy atom. The number of halogens is 5. The molecule has 124 valence electrons. The minimum Gasteiger partial charge on any atom is -0.357 e. The molecule has 0 fully saturated rings. The predicted octanol–water partition coefficient (Wildman–Crippen LogP) is 3.64. The highest BCUT2D eigenvalue weighted by molar-refractivity contribution is 9.10. The standard InChI is InChI=1S/C14H18BrF4N3/c1-2-20-13(22-8-6-14(17,18)19)21-7-5-10-9-11(15)3-4-12(10)16/h3-4,9H,2,5-8H2,1H3,(H2,20,21,22). The number of hydrogen-bond donors (Lipinski definition) is 2. The molecule has 3 nitrogen and oxygen atoms in total. The summed E-state index contributed by atoms with van der Waals surface area (Å²) >= 11 is 3.27. The van der Waals surface area contributed by atoms with Gasteiger partial charge in [0.05, 0.1) is 13.0 Å². The fourth-order valence-electron chi connectivity index (χ4n) is 1.69. The van der Waals surface area contributed by atoms with Crippen molar-refractivity contribution in [1.82, 2.24) is 10.6 Å². The molecule has 0 bridgehead atoms. The number of rotatable bonds is 6. The maximum Gasteiger partial charge on any atom is 0.390 e. The van der Waals surface area contributed by atoms with Crippen molar-refractivity contribution in [2.75, 3.05) is 19.6 Å². The van der Waals surface area contributed by atoms with Crippen molar-refractivity contribution in [2.45, 2.75) is 25.9 Å². The van der Waals surface area contributed by atoms with Crippen LogP contribution in [0.5, 0.6) is 0 Å². The highest BCUT2D eigenvalue weighted by Crippen LogP contribution is 2.19. The Labute approximate surface area is 135 Å². The third-order valence-electron chi connectivity index (χ3n) is 2.70. The van der Waals surface area contributed by atoms with Gasteiger partial charge in [0.25, 0.3) is 0 Å². The summed E-state index contributed by atoms with van der Waals surface area (Å²) in [5, 5.41) is 5.74. The molecule has 0 aliphatic rings. The van der Waals surface area contributed by atoms with Crippen LogP contribution in [0.2, 0.25) is 0 Å². The summed E-state index contributed by atoms with van der Waals surface area (Å²) in [6.45, 7) is 2.37. The lowest BCUT2D eigenvalue weighted by Gasteiger charge is -2.12. The van der Waals surface area contributed by atoms with Gasteiger partial charge in [-0.1, -0.05) is 15.9 Å². The Morgan fingerprint density at radius 3 is 2.64 bits per heavy atom. The van der Waals surface area contributed by atoms with Crippen LogP contribution >= 0.6 is 15.9 Å². The van der Waals surface area contributed by atoms with Crippen LogP contribution < -0.4 is 10.6 Å². The van der Waals surface area contributed by atoms with Crippen molar-refractivity contribution in [2.24, 2.45) is 4.99 Å². The fraction of sp³-hybridized carbons (Fsp3) is 0.500. The molecule has 0 saturated carbocycles. The van der Waals surface area contributed by atoms with Gasteiger partial charge >= 0.3 is 6.18 Å². The van der Waals surface area contributed by atoms with Gasteiger partial charge in [-0.3, -0.25) is 4.99 Å². The van der Waals surface area contributed by atoms with Crippen LogP contribution in [0.15, 0.2) is 27.7 Å². The number of guanidine groups is 1. The summed E-state index contributed by atoms with van der Waals surface area (Å²) in [5.74, 6) is -0.0221. The average molecular weight is 384 g/mol. The van der Waals surface area contributed by atoms with Gasteiger partial charge in [0.15, 0.2) is 5.96 Å². The van der Waals surface area contributed by atoms with Crippen molar-refractivity contribution < 1.29 is 17.6 Å². The molecule has 1 aromatic rings. The van der Waals surface area contributed by atoms with Crippen LogP contribution in [0.4, 0.5) is 17.6 Å². The molecule has 0 aliphatic carbocycles. The Balaban J connectivity index is 2.50. The molecule has 1 rings (SSSR count). The number of nitrogens with one attached hydrogen (secondary N) is 2. The van der Waals surface area contributed by atoms with Gasteiger partial charge < -0.3 is 10.6 Å². The van der Waals surface area contributed by atoms with Crippen molar-refractivity contribution in [3.05, 3.63) is 34.1 Å². The Kier molecular flexibility index (Phi) is 7.64. The number of hydrogen-bond acceptors (Lipinski definition) is 1. The Hall–Kier alpha value is -1.31. The summed E-state index contributed by atoms with van der Waals surface area (Å²) in [5.41, 5.74) is 0.521. The van der Waals surface area contributed by atoms with Crippen molar-refractivity contribution in [3.8, 4) is 0 Å². The number of alkyl halides is 3. The summed E-state index contributed by atoms with van der Waals surface area (Å²) < 4.78 is 50.6. The minimum atomic E-state index is -4.22. The number of nitrogens with zero attached hydrogens (tertiary/aromatic N) is 1. The molecule has 22 heavy (non-hydrogen) atoms. The van der Waals surface area contributed by atoms with Gasteiger partial charge in [0.2, 0.25) is 0 Å².